The van der Waals surface area contributed by atoms with Crippen LogP contribution in [0.25, 0.3) is 44.4 Å². The molecule has 0 saturated heterocycles. The number of hydrogen-bond donors (Lipinski definition) is 2. The van der Waals surface area contributed by atoms with E-state index in [4.69, 9.17) is 25.2 Å². The molecule has 0 aliphatic carbocycles. The van der Waals surface area contributed by atoms with Gasteiger partial charge < -0.3 is 23.8 Å². The van der Waals surface area contributed by atoms with Crippen LogP contribution in [0.2, 0.25) is 5.02 Å². The molecule has 0 spiro atoms. The largest absolute Gasteiger partial charge is 0.507 e. The second-order valence-corrected chi connectivity index (χ2v) is 8.10. The Balaban J connectivity index is 1.80. The summed E-state index contributed by atoms with van der Waals surface area (Å²) in [4.78, 5) is 25.1. The molecule has 5 rings (SSSR count). The zero-order chi connectivity index (χ0) is 24.0. The van der Waals surface area contributed by atoms with Gasteiger partial charge in [0, 0.05) is 22.2 Å². The summed E-state index contributed by atoms with van der Waals surface area (Å²) in [6.07, 6.45) is 0.916. The van der Waals surface area contributed by atoms with E-state index in [0.717, 1.165) is 0 Å². The van der Waals surface area contributed by atoms with Gasteiger partial charge in [0.1, 0.15) is 34.5 Å². The number of phenols is 1. The number of carboxylic acid groups (broad SMARTS) is 1. The Labute approximate surface area is 197 Å². The molecule has 34 heavy (non-hydrogen) atoms. The maximum absolute atomic E-state index is 13.4. The van der Waals surface area contributed by atoms with Crippen LogP contribution in [0.3, 0.4) is 0 Å². The maximum atomic E-state index is 13.4. The van der Waals surface area contributed by atoms with Crippen molar-refractivity contribution in [2.45, 2.75) is 6.42 Å². The zero-order valence-electron chi connectivity index (χ0n) is 17.8. The monoisotopic (exact) mass is 476 g/mol. The lowest BCUT2D eigenvalue weighted by Gasteiger charge is -2.07. The van der Waals surface area contributed by atoms with E-state index in [1.54, 1.807) is 55.6 Å². The highest BCUT2D eigenvalue weighted by Gasteiger charge is 2.25. The summed E-state index contributed by atoms with van der Waals surface area (Å²) in [5.74, 6) is -0.492. The van der Waals surface area contributed by atoms with Crippen molar-refractivity contribution in [2.24, 2.45) is 0 Å². The number of aliphatic carboxylic acids is 1. The Kier molecular flexibility index (Phi) is 5.26. The second kappa shape index (κ2) is 8.28. The van der Waals surface area contributed by atoms with Crippen LogP contribution in [-0.2, 0) is 11.2 Å². The van der Waals surface area contributed by atoms with Crippen molar-refractivity contribution in [2.75, 3.05) is 7.11 Å². The highest BCUT2D eigenvalue weighted by atomic mass is 35.5. The summed E-state index contributed by atoms with van der Waals surface area (Å²) in [5.41, 5.74) is 1.55. The summed E-state index contributed by atoms with van der Waals surface area (Å²) >= 11 is 5.99. The number of ether oxygens (including phenoxy) is 1. The average Bonchev–Trinajstić information content (AvgIpc) is 3.17. The minimum atomic E-state index is -1.09. The normalized spacial score (nSPS) is 11.2. The molecule has 0 aliphatic rings. The number of hydrogen-bond acceptors (Lipinski definition) is 6. The number of rotatable bonds is 5. The van der Waals surface area contributed by atoms with Crippen molar-refractivity contribution in [3.05, 3.63) is 81.7 Å². The molecule has 2 heterocycles. The van der Waals surface area contributed by atoms with Crippen molar-refractivity contribution >= 4 is 39.5 Å². The van der Waals surface area contributed by atoms with Crippen LogP contribution >= 0.6 is 11.6 Å². The van der Waals surface area contributed by atoms with Gasteiger partial charge in [0.2, 0.25) is 5.43 Å². The van der Waals surface area contributed by atoms with Crippen molar-refractivity contribution in [1.29, 1.82) is 0 Å². The Morgan fingerprint density at radius 3 is 2.35 bits per heavy atom. The number of aromatic hydroxyl groups is 1. The molecule has 2 aromatic heterocycles. The highest BCUT2D eigenvalue weighted by molar-refractivity contribution is 6.30. The summed E-state index contributed by atoms with van der Waals surface area (Å²) < 4.78 is 17.0. The van der Waals surface area contributed by atoms with E-state index >= 15 is 0 Å². The van der Waals surface area contributed by atoms with E-state index in [1.807, 2.05) is 0 Å². The topological polar surface area (TPSA) is 110 Å². The summed E-state index contributed by atoms with van der Waals surface area (Å²) in [6, 6.07) is 14.9. The van der Waals surface area contributed by atoms with Gasteiger partial charge in [-0.3, -0.25) is 9.59 Å². The number of phenolic OH excluding ortho intramolecular Hbond substituents is 1. The molecule has 170 valence electrons. The van der Waals surface area contributed by atoms with Crippen LogP contribution < -0.4 is 10.2 Å². The summed E-state index contributed by atoms with van der Waals surface area (Å²) in [7, 11) is 1.54. The predicted octanol–water partition coefficient (Wildman–Crippen LogP) is 5.87. The second-order valence-electron chi connectivity index (χ2n) is 7.67. The van der Waals surface area contributed by atoms with E-state index < -0.39 is 11.4 Å². The van der Waals surface area contributed by atoms with Crippen LogP contribution in [0, 0.1) is 0 Å². The summed E-state index contributed by atoms with van der Waals surface area (Å²) in [6.45, 7) is 0. The van der Waals surface area contributed by atoms with Crippen LogP contribution in [-0.4, -0.2) is 23.3 Å². The first kappa shape index (κ1) is 21.6. The fourth-order valence-electron chi connectivity index (χ4n) is 4.04. The Morgan fingerprint density at radius 1 is 1.03 bits per heavy atom. The first-order valence-electron chi connectivity index (χ1n) is 10.2. The van der Waals surface area contributed by atoms with Gasteiger partial charge in [-0.2, -0.15) is 0 Å². The van der Waals surface area contributed by atoms with Crippen molar-refractivity contribution in [3.8, 4) is 33.9 Å². The fourth-order valence-corrected chi connectivity index (χ4v) is 4.17. The first-order valence-corrected chi connectivity index (χ1v) is 10.6. The molecular weight excluding hydrogens is 460 g/mol. The Bertz CT molecular complexity index is 1610. The van der Waals surface area contributed by atoms with Gasteiger partial charge in [0.25, 0.3) is 0 Å². The molecule has 3 aromatic carbocycles. The molecule has 0 aliphatic heterocycles. The van der Waals surface area contributed by atoms with E-state index in [9.17, 15) is 19.8 Å². The molecular formula is C26H17ClO7. The van der Waals surface area contributed by atoms with Crippen LogP contribution in [0.5, 0.6) is 11.5 Å². The molecule has 0 fully saturated rings. The highest BCUT2D eigenvalue weighted by Crippen LogP contribution is 2.41. The lowest BCUT2D eigenvalue weighted by atomic mass is 9.99. The fraction of sp³-hybridized carbons (Fsp3) is 0.0769. The van der Waals surface area contributed by atoms with Crippen LogP contribution in [0.1, 0.15) is 5.56 Å². The van der Waals surface area contributed by atoms with Crippen molar-refractivity contribution in [3.63, 3.8) is 0 Å². The van der Waals surface area contributed by atoms with E-state index in [-0.39, 0.29) is 34.3 Å². The lowest BCUT2D eigenvalue weighted by molar-refractivity contribution is -0.136. The van der Waals surface area contributed by atoms with E-state index in [2.05, 4.69) is 0 Å². The molecule has 7 nitrogen and oxygen atoms in total. The molecule has 0 radical (unpaired) electrons. The standard InChI is InChI=1S/C26H17ClO7/c1-32-16-8-4-13(5-9-16)18-12-33-26-22-17(10-21(29)30)25(14-2-6-15(27)7-3-14)34-20(22)11-19(28)23(26)24(18)31/h2-9,11-12,28H,10H2,1H3,(H,29,30). The number of carboxylic acids is 1. The van der Waals surface area contributed by atoms with E-state index in [1.165, 1.54) is 12.3 Å². The quantitative estimate of drug-likeness (QED) is 0.326. The average molecular weight is 477 g/mol. The minimum absolute atomic E-state index is 0.0532. The molecule has 0 bridgehead atoms. The molecule has 8 heteroatoms. The lowest BCUT2D eigenvalue weighted by Crippen LogP contribution is -2.06. The van der Waals surface area contributed by atoms with Crippen LogP contribution in [0.15, 0.2) is 74.5 Å². The Hall–Kier alpha value is -4.23. The minimum Gasteiger partial charge on any atom is -0.507 e. The van der Waals surface area contributed by atoms with Gasteiger partial charge in [-0.25, -0.2) is 0 Å². The SMILES string of the molecule is COc1ccc(-c2coc3c(c(O)cc4oc(-c5ccc(Cl)cc5)c(CC(=O)O)c43)c2=O)cc1. The third kappa shape index (κ3) is 3.56. The third-order valence-electron chi connectivity index (χ3n) is 5.61. The molecule has 0 amide bonds. The Morgan fingerprint density at radius 2 is 1.71 bits per heavy atom. The van der Waals surface area contributed by atoms with Gasteiger partial charge in [-0.15, -0.1) is 0 Å². The van der Waals surface area contributed by atoms with Crippen LogP contribution in [0.4, 0.5) is 0 Å². The molecule has 0 saturated carbocycles. The zero-order valence-corrected chi connectivity index (χ0v) is 18.6. The smallest absolute Gasteiger partial charge is 0.307 e. The third-order valence-corrected chi connectivity index (χ3v) is 5.87. The van der Waals surface area contributed by atoms with E-state index in [0.29, 0.717) is 38.6 Å². The van der Waals surface area contributed by atoms with Gasteiger partial charge >= 0.3 is 5.97 Å². The molecule has 0 unspecified atom stereocenters. The number of fused-ring (bicyclic) bond motifs is 3. The molecule has 2 N–H and O–H groups in total. The van der Waals surface area contributed by atoms with Crippen molar-refractivity contribution in [1.82, 2.24) is 0 Å². The van der Waals surface area contributed by atoms with Crippen molar-refractivity contribution < 1.29 is 28.6 Å². The van der Waals surface area contributed by atoms with Gasteiger partial charge in [0.15, 0.2) is 5.58 Å². The number of halogens is 1. The summed E-state index contributed by atoms with van der Waals surface area (Å²) in [5, 5.41) is 21.1. The molecule has 5 aromatic rings. The number of furan rings is 1. The number of benzene rings is 3. The number of methoxy groups -OCH3 is 1. The predicted molar refractivity (Wildman–Crippen MR) is 128 cm³/mol. The van der Waals surface area contributed by atoms with Gasteiger partial charge in [0.05, 0.1) is 24.5 Å². The first-order chi connectivity index (χ1) is 16.4. The van der Waals surface area contributed by atoms with Gasteiger partial charge in [-0.1, -0.05) is 23.7 Å². The van der Waals surface area contributed by atoms with Gasteiger partial charge in [-0.05, 0) is 42.0 Å². The number of carbonyl (C=O) groups is 1. The maximum Gasteiger partial charge on any atom is 0.307 e. The molecule has 0 atom stereocenters.